The molecular weight excluding hydrogens is 304 g/mol. The minimum Gasteiger partial charge on any atom is -0.469 e. The lowest BCUT2D eigenvalue weighted by molar-refractivity contribution is -0.144. The second kappa shape index (κ2) is 6.13. The fraction of sp³-hybridized carbons (Fsp3) is 0.333. The van der Waals surface area contributed by atoms with E-state index in [-0.39, 0.29) is 17.9 Å². The van der Waals surface area contributed by atoms with Gasteiger partial charge in [-0.15, -0.1) is 0 Å². The van der Waals surface area contributed by atoms with E-state index in [1.807, 2.05) is 32.2 Å². The number of methoxy groups -OCH3 is 1. The van der Waals surface area contributed by atoms with Crippen molar-refractivity contribution in [2.45, 2.75) is 26.3 Å². The van der Waals surface area contributed by atoms with Crippen molar-refractivity contribution < 1.29 is 9.53 Å². The van der Waals surface area contributed by atoms with Crippen molar-refractivity contribution in [3.63, 3.8) is 0 Å². The number of pyridine rings is 1. The van der Waals surface area contributed by atoms with Crippen LogP contribution in [0.15, 0.2) is 36.2 Å². The highest BCUT2D eigenvalue weighted by Gasteiger charge is 2.33. The Morgan fingerprint density at radius 2 is 2.17 bits per heavy atom. The van der Waals surface area contributed by atoms with Gasteiger partial charge in [0, 0.05) is 47.4 Å². The molecule has 2 aromatic rings. The van der Waals surface area contributed by atoms with Gasteiger partial charge < -0.3 is 20.8 Å². The van der Waals surface area contributed by atoms with Crippen molar-refractivity contribution in [3.8, 4) is 11.1 Å². The van der Waals surface area contributed by atoms with Crippen molar-refractivity contribution in [2.75, 3.05) is 12.8 Å². The predicted molar refractivity (Wildman–Crippen MR) is 93.8 cm³/mol. The van der Waals surface area contributed by atoms with Crippen LogP contribution < -0.4 is 11.5 Å². The summed E-state index contributed by atoms with van der Waals surface area (Å²) >= 11 is 0. The molecule has 6 heteroatoms. The maximum absolute atomic E-state index is 12.2. The normalized spacial score (nSPS) is 18.2. The number of carbonyl (C=O) groups is 1. The van der Waals surface area contributed by atoms with E-state index in [0.29, 0.717) is 12.2 Å². The number of anilines is 1. The fourth-order valence-electron chi connectivity index (χ4n) is 3.42. The number of hydrogen-bond acceptors (Lipinski definition) is 5. The van der Waals surface area contributed by atoms with Crippen LogP contribution in [0.4, 0.5) is 5.82 Å². The van der Waals surface area contributed by atoms with Crippen LogP contribution in [0, 0.1) is 5.92 Å². The monoisotopic (exact) mass is 326 g/mol. The number of nitrogen functional groups attached to an aromatic ring is 1. The van der Waals surface area contributed by atoms with Crippen LogP contribution in [0.25, 0.3) is 16.8 Å². The molecule has 1 aliphatic heterocycles. The molecule has 0 bridgehead atoms. The summed E-state index contributed by atoms with van der Waals surface area (Å²) in [5, 5.41) is 0. The molecule has 6 nitrogen and oxygen atoms in total. The quantitative estimate of drug-likeness (QED) is 0.842. The lowest BCUT2D eigenvalue weighted by atomic mass is 9.87. The first-order chi connectivity index (χ1) is 11.4. The Bertz CT molecular complexity index is 803. The molecule has 0 saturated carbocycles. The zero-order valence-corrected chi connectivity index (χ0v) is 14.1. The van der Waals surface area contributed by atoms with Crippen molar-refractivity contribution in [1.29, 1.82) is 0 Å². The standard InChI is InChI=1S/C18H22N4O2/c1-10-14(18(23)24-3)8-15-13(12-4-5-16(20)21-9-12)6-7-22(15)17(10)11(2)19/h4-7,9,11,14H,8,19H2,1-3H3,(H2,20,21). The number of nitrogens with zero attached hydrogens (tertiary/aromatic N) is 2. The van der Waals surface area contributed by atoms with Crippen molar-refractivity contribution >= 4 is 17.5 Å². The van der Waals surface area contributed by atoms with Gasteiger partial charge in [-0.1, -0.05) is 0 Å². The molecule has 4 N–H and O–H groups in total. The number of rotatable bonds is 3. The highest BCUT2D eigenvalue weighted by atomic mass is 16.5. The minimum atomic E-state index is -0.320. The summed E-state index contributed by atoms with van der Waals surface area (Å²) in [6, 6.07) is 5.54. The van der Waals surface area contributed by atoms with Gasteiger partial charge in [-0.25, -0.2) is 4.98 Å². The minimum absolute atomic E-state index is 0.194. The van der Waals surface area contributed by atoms with Crippen LogP contribution in [0.5, 0.6) is 0 Å². The van der Waals surface area contributed by atoms with Crippen molar-refractivity contribution in [2.24, 2.45) is 11.7 Å². The van der Waals surface area contributed by atoms with Gasteiger partial charge >= 0.3 is 5.97 Å². The van der Waals surface area contributed by atoms with E-state index in [0.717, 1.165) is 28.1 Å². The lowest BCUT2D eigenvalue weighted by Gasteiger charge is -2.30. The third-order valence-corrected chi connectivity index (χ3v) is 4.59. The van der Waals surface area contributed by atoms with Gasteiger partial charge in [0.05, 0.1) is 13.0 Å². The Balaban J connectivity index is 2.15. The summed E-state index contributed by atoms with van der Waals surface area (Å²) < 4.78 is 7.08. The van der Waals surface area contributed by atoms with Gasteiger partial charge in [0.25, 0.3) is 0 Å². The molecule has 3 heterocycles. The van der Waals surface area contributed by atoms with Gasteiger partial charge in [0.2, 0.25) is 0 Å². The average Bonchev–Trinajstić information content (AvgIpc) is 2.97. The molecule has 0 saturated heterocycles. The van der Waals surface area contributed by atoms with Gasteiger partial charge in [-0.05, 0) is 37.6 Å². The SMILES string of the molecule is COC(=O)C1Cc2c(-c3ccc(N)nc3)ccn2C(C(C)N)=C1C. The third-order valence-electron chi connectivity index (χ3n) is 4.59. The van der Waals surface area contributed by atoms with Crippen molar-refractivity contribution in [3.05, 3.63) is 41.9 Å². The van der Waals surface area contributed by atoms with E-state index in [1.54, 1.807) is 12.3 Å². The van der Waals surface area contributed by atoms with Gasteiger partial charge in [-0.2, -0.15) is 0 Å². The second-order valence-corrected chi connectivity index (χ2v) is 6.15. The molecule has 2 unspecified atom stereocenters. The predicted octanol–water partition coefficient (Wildman–Crippen LogP) is 2.06. The summed E-state index contributed by atoms with van der Waals surface area (Å²) in [6.07, 6.45) is 4.31. The first-order valence-electron chi connectivity index (χ1n) is 7.90. The maximum Gasteiger partial charge on any atom is 0.313 e. The number of carbonyl (C=O) groups excluding carboxylic acids is 1. The fourth-order valence-corrected chi connectivity index (χ4v) is 3.42. The van der Waals surface area contributed by atoms with Crippen molar-refractivity contribution in [1.82, 2.24) is 9.55 Å². The summed E-state index contributed by atoms with van der Waals surface area (Å²) in [6.45, 7) is 3.88. The molecular formula is C18H22N4O2. The zero-order chi connectivity index (χ0) is 17.4. The number of nitrogens with two attached hydrogens (primary N) is 2. The highest BCUT2D eigenvalue weighted by molar-refractivity contribution is 5.82. The molecule has 24 heavy (non-hydrogen) atoms. The smallest absolute Gasteiger partial charge is 0.313 e. The average molecular weight is 326 g/mol. The Kier molecular flexibility index (Phi) is 4.15. The molecule has 0 aromatic carbocycles. The Hall–Kier alpha value is -2.60. The zero-order valence-electron chi connectivity index (χ0n) is 14.1. The molecule has 1 aliphatic rings. The molecule has 0 spiro atoms. The largest absolute Gasteiger partial charge is 0.469 e. The molecule has 126 valence electrons. The second-order valence-electron chi connectivity index (χ2n) is 6.15. The molecule has 2 atom stereocenters. The van der Waals surface area contributed by atoms with E-state index in [9.17, 15) is 4.79 Å². The summed E-state index contributed by atoms with van der Waals surface area (Å²) in [5.41, 5.74) is 16.8. The van der Waals surface area contributed by atoms with Gasteiger partial charge in [-0.3, -0.25) is 4.79 Å². The molecule has 2 aromatic heterocycles. The van der Waals surface area contributed by atoms with E-state index in [4.69, 9.17) is 16.2 Å². The number of aromatic nitrogens is 2. The summed E-state index contributed by atoms with van der Waals surface area (Å²) in [5.74, 6) is -0.0790. The van der Waals surface area contributed by atoms with Crippen LogP contribution in [0.3, 0.4) is 0 Å². The van der Waals surface area contributed by atoms with E-state index in [2.05, 4.69) is 9.55 Å². The van der Waals surface area contributed by atoms with Gasteiger partial charge in [0.1, 0.15) is 5.82 Å². The molecule has 3 rings (SSSR count). The van der Waals surface area contributed by atoms with E-state index in [1.165, 1.54) is 7.11 Å². The first-order valence-corrected chi connectivity index (χ1v) is 7.90. The highest BCUT2D eigenvalue weighted by Crippen LogP contribution is 2.37. The molecule has 0 aliphatic carbocycles. The Morgan fingerprint density at radius 3 is 2.75 bits per heavy atom. The molecule has 0 amide bonds. The maximum atomic E-state index is 12.2. The Labute approximate surface area is 141 Å². The number of hydrogen-bond donors (Lipinski definition) is 2. The Morgan fingerprint density at radius 1 is 1.42 bits per heavy atom. The van der Waals surface area contributed by atoms with Crippen LogP contribution in [0.1, 0.15) is 19.5 Å². The van der Waals surface area contributed by atoms with Crippen LogP contribution in [-0.4, -0.2) is 28.7 Å². The molecule has 0 fully saturated rings. The first kappa shape index (κ1) is 16.3. The number of fused-ring (bicyclic) bond motifs is 1. The molecule has 0 radical (unpaired) electrons. The van der Waals surface area contributed by atoms with E-state index < -0.39 is 0 Å². The topological polar surface area (TPSA) is 96.2 Å². The lowest BCUT2D eigenvalue weighted by Crippen LogP contribution is -2.32. The van der Waals surface area contributed by atoms with Gasteiger partial charge in [0.15, 0.2) is 0 Å². The van der Waals surface area contributed by atoms with E-state index >= 15 is 0 Å². The number of ether oxygens (including phenoxy) is 1. The summed E-state index contributed by atoms with van der Waals surface area (Å²) in [7, 11) is 1.42. The third kappa shape index (κ3) is 2.59. The summed E-state index contributed by atoms with van der Waals surface area (Å²) in [4.78, 5) is 16.4. The van der Waals surface area contributed by atoms with Crippen LogP contribution in [-0.2, 0) is 16.0 Å². The van der Waals surface area contributed by atoms with Crippen LogP contribution >= 0.6 is 0 Å². The number of esters is 1. The van der Waals surface area contributed by atoms with Crippen LogP contribution in [0.2, 0.25) is 0 Å².